The van der Waals surface area contributed by atoms with Crippen LogP contribution < -0.4 is 5.32 Å². The second-order valence-electron chi connectivity index (χ2n) is 3.62. The summed E-state index contributed by atoms with van der Waals surface area (Å²) in [5.74, 6) is -0.991. The van der Waals surface area contributed by atoms with E-state index in [1.165, 1.54) is 6.07 Å². The quantitative estimate of drug-likeness (QED) is 0.797. The average Bonchev–Trinajstić information content (AvgIpc) is 2.27. The Balaban J connectivity index is 2.36. The fraction of sp³-hybridized carbons (Fsp3) is 0.273. The molecule has 84 valence electrons. The van der Waals surface area contributed by atoms with Gasteiger partial charge in [0.1, 0.15) is 0 Å². The van der Waals surface area contributed by atoms with Gasteiger partial charge in [0.2, 0.25) is 0 Å². The van der Waals surface area contributed by atoms with Crippen molar-refractivity contribution in [3.05, 3.63) is 29.3 Å². The Hall–Kier alpha value is -2.04. The van der Waals surface area contributed by atoms with E-state index in [0.29, 0.717) is 18.8 Å². The highest BCUT2D eigenvalue weighted by Gasteiger charge is 2.21. The lowest BCUT2D eigenvalue weighted by atomic mass is 10.1. The molecule has 0 spiro atoms. The van der Waals surface area contributed by atoms with Crippen molar-refractivity contribution in [1.29, 1.82) is 0 Å². The number of hydrogen-bond acceptors (Lipinski definition) is 2. The van der Waals surface area contributed by atoms with E-state index in [4.69, 9.17) is 5.11 Å². The van der Waals surface area contributed by atoms with E-state index >= 15 is 0 Å². The van der Waals surface area contributed by atoms with Crippen molar-refractivity contribution in [2.75, 3.05) is 11.9 Å². The van der Waals surface area contributed by atoms with Crippen LogP contribution in [0.2, 0.25) is 0 Å². The van der Waals surface area contributed by atoms with Gasteiger partial charge in [-0.25, -0.2) is 9.59 Å². The molecule has 0 radical (unpaired) electrons. The molecule has 5 heteroatoms. The van der Waals surface area contributed by atoms with Gasteiger partial charge < -0.3 is 15.3 Å². The van der Waals surface area contributed by atoms with Gasteiger partial charge in [0.25, 0.3) is 0 Å². The van der Waals surface area contributed by atoms with Gasteiger partial charge in [-0.2, -0.15) is 0 Å². The molecule has 0 aromatic heterocycles. The summed E-state index contributed by atoms with van der Waals surface area (Å²) in [6, 6.07) is 4.59. The van der Waals surface area contributed by atoms with Crippen molar-refractivity contribution in [3.8, 4) is 0 Å². The number of carbonyl (C=O) groups is 2. The molecule has 2 rings (SSSR count). The predicted octanol–water partition coefficient (Wildman–Crippen LogP) is 1.75. The van der Waals surface area contributed by atoms with Crippen LogP contribution >= 0.6 is 0 Å². The van der Waals surface area contributed by atoms with Crippen LogP contribution in [-0.4, -0.2) is 28.6 Å². The number of urea groups is 1. The second-order valence-corrected chi connectivity index (χ2v) is 3.62. The van der Waals surface area contributed by atoms with E-state index in [9.17, 15) is 9.59 Å². The lowest BCUT2D eigenvalue weighted by molar-refractivity contribution is 0.0697. The van der Waals surface area contributed by atoms with Crippen LogP contribution in [0.15, 0.2) is 18.2 Å². The zero-order valence-corrected chi connectivity index (χ0v) is 8.86. The summed E-state index contributed by atoms with van der Waals surface area (Å²) in [5, 5.41) is 11.5. The Labute approximate surface area is 92.7 Å². The maximum atomic E-state index is 11.5. The van der Waals surface area contributed by atoms with Crippen LogP contribution in [0.25, 0.3) is 0 Å². The number of benzene rings is 1. The third kappa shape index (κ3) is 1.71. The highest BCUT2D eigenvalue weighted by molar-refractivity contribution is 5.95. The Morgan fingerprint density at radius 1 is 1.56 bits per heavy atom. The number of amides is 2. The maximum absolute atomic E-state index is 11.5. The van der Waals surface area contributed by atoms with E-state index in [0.717, 1.165) is 5.56 Å². The first-order chi connectivity index (χ1) is 7.61. The van der Waals surface area contributed by atoms with Crippen LogP contribution in [0.3, 0.4) is 0 Å². The molecular weight excluding hydrogens is 208 g/mol. The number of hydrogen-bond donors (Lipinski definition) is 2. The third-order valence-electron chi connectivity index (χ3n) is 2.63. The molecule has 0 fully saturated rings. The zero-order chi connectivity index (χ0) is 11.7. The van der Waals surface area contributed by atoms with E-state index in [2.05, 4.69) is 5.32 Å². The normalized spacial score (nSPS) is 14.3. The molecule has 5 nitrogen and oxygen atoms in total. The number of carbonyl (C=O) groups excluding carboxylic acids is 1. The van der Waals surface area contributed by atoms with Crippen LogP contribution in [0.5, 0.6) is 0 Å². The minimum atomic E-state index is -0.991. The van der Waals surface area contributed by atoms with Gasteiger partial charge in [-0.05, 0) is 24.6 Å². The molecule has 1 aromatic rings. The number of anilines is 1. The third-order valence-corrected chi connectivity index (χ3v) is 2.63. The fourth-order valence-electron chi connectivity index (χ4n) is 1.69. The first-order valence-corrected chi connectivity index (χ1v) is 5.04. The molecule has 0 unspecified atom stereocenters. The minimum Gasteiger partial charge on any atom is -0.478 e. The predicted molar refractivity (Wildman–Crippen MR) is 58.5 cm³/mol. The fourth-order valence-corrected chi connectivity index (χ4v) is 1.69. The van der Waals surface area contributed by atoms with Crippen LogP contribution in [-0.2, 0) is 6.54 Å². The first kappa shape index (κ1) is 10.5. The van der Waals surface area contributed by atoms with Crippen molar-refractivity contribution >= 4 is 17.7 Å². The molecule has 0 aliphatic carbocycles. The lowest BCUT2D eigenvalue weighted by Crippen LogP contribution is -2.38. The highest BCUT2D eigenvalue weighted by atomic mass is 16.4. The number of rotatable bonds is 2. The Kier molecular flexibility index (Phi) is 2.52. The molecule has 1 heterocycles. The van der Waals surface area contributed by atoms with Crippen LogP contribution in [0.1, 0.15) is 22.8 Å². The molecule has 16 heavy (non-hydrogen) atoms. The van der Waals surface area contributed by atoms with Gasteiger partial charge in [0, 0.05) is 18.8 Å². The Morgan fingerprint density at radius 3 is 2.94 bits per heavy atom. The van der Waals surface area contributed by atoms with Gasteiger partial charge >= 0.3 is 12.0 Å². The van der Waals surface area contributed by atoms with E-state index < -0.39 is 5.97 Å². The first-order valence-electron chi connectivity index (χ1n) is 5.04. The molecule has 0 bridgehead atoms. The maximum Gasteiger partial charge on any atom is 0.335 e. The summed E-state index contributed by atoms with van der Waals surface area (Å²) in [4.78, 5) is 24.0. The van der Waals surface area contributed by atoms with Crippen molar-refractivity contribution in [1.82, 2.24) is 4.90 Å². The number of aromatic carboxylic acids is 1. The van der Waals surface area contributed by atoms with Crippen LogP contribution in [0.4, 0.5) is 10.5 Å². The largest absolute Gasteiger partial charge is 0.478 e. The van der Waals surface area contributed by atoms with E-state index in [1.54, 1.807) is 17.0 Å². The summed E-state index contributed by atoms with van der Waals surface area (Å²) < 4.78 is 0. The summed E-state index contributed by atoms with van der Waals surface area (Å²) >= 11 is 0. The SMILES string of the molecule is CCN1Cc2ccc(C(=O)O)cc2NC1=O. The van der Waals surface area contributed by atoms with Crippen molar-refractivity contribution in [3.63, 3.8) is 0 Å². The van der Waals surface area contributed by atoms with Gasteiger partial charge in [0.05, 0.1) is 5.56 Å². The van der Waals surface area contributed by atoms with Gasteiger partial charge in [-0.1, -0.05) is 6.07 Å². The molecule has 1 aliphatic rings. The molecule has 0 atom stereocenters. The summed E-state index contributed by atoms with van der Waals surface area (Å²) in [6.45, 7) is 3.06. The van der Waals surface area contributed by atoms with Gasteiger partial charge in [0.15, 0.2) is 0 Å². The van der Waals surface area contributed by atoms with E-state index in [-0.39, 0.29) is 11.6 Å². The average molecular weight is 220 g/mol. The van der Waals surface area contributed by atoms with Gasteiger partial charge in [-0.3, -0.25) is 0 Å². The number of nitrogens with zero attached hydrogens (tertiary/aromatic N) is 1. The molecular formula is C11H12N2O3. The Bertz CT molecular complexity index is 457. The smallest absolute Gasteiger partial charge is 0.335 e. The molecule has 1 aliphatic heterocycles. The minimum absolute atomic E-state index is 0.183. The second kappa shape index (κ2) is 3.84. The van der Waals surface area contributed by atoms with Crippen molar-refractivity contribution in [2.24, 2.45) is 0 Å². The summed E-state index contributed by atoms with van der Waals surface area (Å²) in [7, 11) is 0. The topological polar surface area (TPSA) is 69.6 Å². The summed E-state index contributed by atoms with van der Waals surface area (Å²) in [6.07, 6.45) is 0. The lowest BCUT2D eigenvalue weighted by Gasteiger charge is -2.28. The monoisotopic (exact) mass is 220 g/mol. The molecule has 0 saturated heterocycles. The zero-order valence-electron chi connectivity index (χ0n) is 8.86. The molecule has 2 N–H and O–H groups in total. The molecule has 2 amide bonds. The van der Waals surface area contributed by atoms with Crippen molar-refractivity contribution in [2.45, 2.75) is 13.5 Å². The molecule has 1 aromatic carbocycles. The Morgan fingerprint density at radius 2 is 2.31 bits per heavy atom. The summed E-state index contributed by atoms with van der Waals surface area (Å²) in [5.41, 5.74) is 1.71. The number of carboxylic acids is 1. The van der Waals surface area contributed by atoms with Crippen LogP contribution in [0, 0.1) is 0 Å². The standard InChI is InChI=1S/C11H12N2O3/c1-2-13-6-8-4-3-7(10(14)15)5-9(8)12-11(13)16/h3-5H,2,6H2,1H3,(H,12,16)(H,14,15). The number of carboxylic acid groups (broad SMARTS) is 1. The van der Waals surface area contributed by atoms with E-state index in [1.807, 2.05) is 6.92 Å². The number of nitrogens with one attached hydrogen (secondary N) is 1. The molecule has 0 saturated carbocycles. The van der Waals surface area contributed by atoms with Gasteiger partial charge in [-0.15, -0.1) is 0 Å². The highest BCUT2D eigenvalue weighted by Crippen LogP contribution is 2.24. The number of fused-ring (bicyclic) bond motifs is 1. The van der Waals surface area contributed by atoms with Crippen molar-refractivity contribution < 1.29 is 14.7 Å².